The Balaban J connectivity index is 3.17. The number of halogens is 4. The van der Waals surface area contributed by atoms with Crippen LogP contribution in [0.1, 0.15) is 36.0 Å². The molecule has 0 amide bonds. The molecule has 86 valence electrons. The molecule has 1 rings (SSSR count). The molecule has 0 saturated heterocycles. The average molecular weight is 231 g/mol. The normalized spacial score (nSPS) is 10.8. The minimum Gasteiger partial charge on any atom is -0.205 e. The van der Waals surface area contributed by atoms with Gasteiger partial charge in [-0.1, -0.05) is 18.2 Å². The minimum atomic E-state index is -2.95. The first-order chi connectivity index (χ1) is 7.57. The molecule has 0 N–H and O–H groups in total. The number of hydrogen-bond donors (Lipinski definition) is 0. The SMILES string of the molecule is N#CCCc1cccc(C(F)F)c1C(F)F. The Hall–Kier alpha value is -1.57. The van der Waals surface area contributed by atoms with Crippen molar-refractivity contribution < 1.29 is 17.6 Å². The van der Waals surface area contributed by atoms with Crippen molar-refractivity contribution in [3.05, 3.63) is 34.9 Å². The van der Waals surface area contributed by atoms with E-state index in [1.807, 2.05) is 0 Å². The van der Waals surface area contributed by atoms with Gasteiger partial charge in [0.1, 0.15) is 0 Å². The lowest BCUT2D eigenvalue weighted by Crippen LogP contribution is -2.01. The Bertz CT molecular complexity index is 395. The number of nitrogens with zero attached hydrogens (tertiary/aromatic N) is 1. The molecule has 1 aromatic rings. The summed E-state index contributed by atoms with van der Waals surface area (Å²) in [6, 6.07) is 5.44. The number of alkyl halides is 4. The second-order valence-corrected chi connectivity index (χ2v) is 3.18. The molecule has 0 aliphatic carbocycles. The lowest BCUT2D eigenvalue weighted by atomic mass is 9.98. The van der Waals surface area contributed by atoms with Crippen molar-refractivity contribution in [3.8, 4) is 6.07 Å². The molecule has 1 aromatic carbocycles. The first kappa shape index (κ1) is 12.5. The molecule has 0 aliphatic rings. The topological polar surface area (TPSA) is 23.8 Å². The lowest BCUT2D eigenvalue weighted by molar-refractivity contribution is 0.123. The van der Waals surface area contributed by atoms with Gasteiger partial charge in [-0.2, -0.15) is 5.26 Å². The van der Waals surface area contributed by atoms with Crippen molar-refractivity contribution in [1.82, 2.24) is 0 Å². The van der Waals surface area contributed by atoms with Gasteiger partial charge in [0.25, 0.3) is 12.9 Å². The largest absolute Gasteiger partial charge is 0.264 e. The highest BCUT2D eigenvalue weighted by Crippen LogP contribution is 2.33. The number of nitriles is 1. The summed E-state index contributed by atoms with van der Waals surface area (Å²) in [6.07, 6.45) is -5.77. The van der Waals surface area contributed by atoms with E-state index in [4.69, 9.17) is 5.26 Å². The summed E-state index contributed by atoms with van der Waals surface area (Å²) in [5.74, 6) is 0. The molecule has 16 heavy (non-hydrogen) atoms. The molecule has 0 aliphatic heterocycles. The monoisotopic (exact) mass is 231 g/mol. The third-order valence-corrected chi connectivity index (χ3v) is 2.19. The van der Waals surface area contributed by atoms with Crippen LogP contribution in [0, 0.1) is 11.3 Å². The van der Waals surface area contributed by atoms with Crippen LogP contribution < -0.4 is 0 Å². The van der Waals surface area contributed by atoms with Gasteiger partial charge in [-0.25, -0.2) is 17.6 Å². The van der Waals surface area contributed by atoms with Crippen LogP contribution in [0.4, 0.5) is 17.6 Å². The lowest BCUT2D eigenvalue weighted by Gasteiger charge is -2.12. The van der Waals surface area contributed by atoms with Crippen LogP contribution in [0.2, 0.25) is 0 Å². The molecule has 0 atom stereocenters. The van der Waals surface area contributed by atoms with Crippen molar-refractivity contribution in [2.45, 2.75) is 25.7 Å². The molecule has 0 spiro atoms. The van der Waals surface area contributed by atoms with Gasteiger partial charge in [0, 0.05) is 17.5 Å². The zero-order chi connectivity index (χ0) is 12.1. The fraction of sp³-hybridized carbons (Fsp3) is 0.364. The fourth-order valence-corrected chi connectivity index (χ4v) is 1.50. The molecule has 0 saturated carbocycles. The summed E-state index contributed by atoms with van der Waals surface area (Å²) in [4.78, 5) is 0. The maximum Gasteiger partial charge on any atom is 0.264 e. The van der Waals surface area contributed by atoms with Crippen molar-refractivity contribution in [3.63, 3.8) is 0 Å². The highest BCUT2D eigenvalue weighted by molar-refractivity contribution is 5.37. The maximum absolute atomic E-state index is 12.7. The summed E-state index contributed by atoms with van der Waals surface area (Å²) >= 11 is 0. The van der Waals surface area contributed by atoms with Gasteiger partial charge in [-0.15, -0.1) is 0 Å². The molecule has 1 nitrogen and oxygen atoms in total. The van der Waals surface area contributed by atoms with Crippen LogP contribution in [0.5, 0.6) is 0 Å². The van der Waals surface area contributed by atoms with Crippen molar-refractivity contribution in [1.29, 1.82) is 5.26 Å². The van der Waals surface area contributed by atoms with E-state index in [0.717, 1.165) is 6.07 Å². The molecular weight excluding hydrogens is 222 g/mol. The number of aryl methyl sites for hydroxylation is 1. The molecule has 0 fully saturated rings. The molecule has 0 aromatic heterocycles. The van der Waals surface area contributed by atoms with E-state index in [1.165, 1.54) is 12.1 Å². The van der Waals surface area contributed by atoms with Gasteiger partial charge in [-0.05, 0) is 12.0 Å². The molecule has 0 bridgehead atoms. The zero-order valence-corrected chi connectivity index (χ0v) is 8.26. The summed E-state index contributed by atoms with van der Waals surface area (Å²) in [5, 5.41) is 8.35. The van der Waals surface area contributed by atoms with Crippen LogP contribution in [0.15, 0.2) is 18.2 Å². The quantitative estimate of drug-likeness (QED) is 0.718. The Morgan fingerprint density at radius 1 is 1.12 bits per heavy atom. The van der Waals surface area contributed by atoms with Crippen molar-refractivity contribution in [2.75, 3.05) is 0 Å². The van der Waals surface area contributed by atoms with Gasteiger partial charge in [0.2, 0.25) is 0 Å². The predicted molar refractivity (Wildman–Crippen MR) is 50.3 cm³/mol. The van der Waals surface area contributed by atoms with E-state index >= 15 is 0 Å². The summed E-state index contributed by atoms with van der Waals surface area (Å²) in [6.45, 7) is 0. The highest BCUT2D eigenvalue weighted by atomic mass is 19.3. The second-order valence-electron chi connectivity index (χ2n) is 3.18. The Labute approximate surface area is 90.3 Å². The molecule has 0 heterocycles. The van der Waals surface area contributed by atoms with E-state index in [9.17, 15) is 17.6 Å². The van der Waals surface area contributed by atoms with Crippen LogP contribution in [-0.4, -0.2) is 0 Å². The van der Waals surface area contributed by atoms with E-state index in [-0.39, 0.29) is 18.4 Å². The number of hydrogen-bond acceptors (Lipinski definition) is 1. The van der Waals surface area contributed by atoms with Crippen LogP contribution in [0.25, 0.3) is 0 Å². The van der Waals surface area contributed by atoms with Crippen LogP contribution in [-0.2, 0) is 6.42 Å². The molecule has 5 heteroatoms. The zero-order valence-electron chi connectivity index (χ0n) is 8.26. The molecule has 0 radical (unpaired) electrons. The maximum atomic E-state index is 12.7. The van der Waals surface area contributed by atoms with Gasteiger partial charge >= 0.3 is 0 Å². The van der Waals surface area contributed by atoms with Gasteiger partial charge in [-0.3, -0.25) is 0 Å². The predicted octanol–water partition coefficient (Wildman–Crippen LogP) is 4.02. The summed E-state index contributed by atoms with van der Waals surface area (Å²) in [7, 11) is 0. The fourth-order valence-electron chi connectivity index (χ4n) is 1.50. The minimum absolute atomic E-state index is 0.0341. The van der Waals surface area contributed by atoms with Crippen LogP contribution in [0.3, 0.4) is 0 Å². The highest BCUT2D eigenvalue weighted by Gasteiger charge is 2.22. The smallest absolute Gasteiger partial charge is 0.205 e. The molecule has 0 unspecified atom stereocenters. The van der Waals surface area contributed by atoms with Crippen LogP contribution >= 0.6 is 0 Å². The van der Waals surface area contributed by atoms with E-state index in [0.29, 0.717) is 0 Å². The Morgan fingerprint density at radius 3 is 2.31 bits per heavy atom. The van der Waals surface area contributed by atoms with Gasteiger partial charge < -0.3 is 0 Å². The summed E-state index contributed by atoms with van der Waals surface area (Å²) < 4.78 is 50.3. The van der Waals surface area contributed by atoms with E-state index in [1.54, 1.807) is 6.07 Å². The van der Waals surface area contributed by atoms with E-state index < -0.39 is 24.0 Å². The Kier molecular flexibility index (Phi) is 4.29. The van der Waals surface area contributed by atoms with E-state index in [2.05, 4.69) is 0 Å². The second kappa shape index (κ2) is 5.50. The standard InChI is InChI=1S/C11H9F4N/c12-10(13)8-5-1-3-7(4-2-6-16)9(8)11(14)15/h1,3,5,10-11H,2,4H2. The summed E-state index contributed by atoms with van der Waals surface area (Å²) in [5.41, 5.74) is -1.16. The van der Waals surface area contributed by atoms with Crippen molar-refractivity contribution in [2.24, 2.45) is 0 Å². The third-order valence-electron chi connectivity index (χ3n) is 2.19. The first-order valence-electron chi connectivity index (χ1n) is 4.62. The molecular formula is C11H9F4N. The number of rotatable bonds is 4. The van der Waals surface area contributed by atoms with Gasteiger partial charge in [0.05, 0.1) is 6.07 Å². The Morgan fingerprint density at radius 2 is 1.81 bits per heavy atom. The first-order valence-corrected chi connectivity index (χ1v) is 4.62. The average Bonchev–Trinajstić information content (AvgIpc) is 2.25. The van der Waals surface area contributed by atoms with Crippen molar-refractivity contribution >= 4 is 0 Å². The number of benzene rings is 1. The van der Waals surface area contributed by atoms with Gasteiger partial charge in [0.15, 0.2) is 0 Å². The third kappa shape index (κ3) is 2.72.